The lowest BCUT2D eigenvalue weighted by Crippen LogP contribution is -2.35. The molecule has 2 heterocycles. The Labute approximate surface area is 196 Å². The number of benzene rings is 3. The van der Waals surface area contributed by atoms with E-state index < -0.39 is 0 Å². The molecule has 33 heavy (non-hydrogen) atoms. The van der Waals surface area contributed by atoms with Gasteiger partial charge in [0.1, 0.15) is 0 Å². The van der Waals surface area contributed by atoms with E-state index in [0.717, 1.165) is 29.3 Å². The number of carbonyl (C=O) groups is 3. The van der Waals surface area contributed by atoms with E-state index in [1.165, 1.54) is 16.0 Å². The maximum absolute atomic E-state index is 13.0. The number of carbonyl (C=O) groups excluding carboxylic acids is 3. The molecule has 0 aliphatic carbocycles. The number of imide groups is 1. The smallest absolute Gasteiger partial charge is 0.293 e. The van der Waals surface area contributed by atoms with E-state index in [1.54, 1.807) is 18.2 Å². The first-order valence-corrected chi connectivity index (χ1v) is 11.7. The van der Waals surface area contributed by atoms with Crippen molar-refractivity contribution in [1.82, 2.24) is 9.80 Å². The largest absolute Gasteiger partial charge is 0.334 e. The molecule has 0 aromatic heterocycles. The summed E-state index contributed by atoms with van der Waals surface area (Å²) in [5, 5.41) is -0.271. The van der Waals surface area contributed by atoms with Gasteiger partial charge in [0.2, 0.25) is 0 Å². The average Bonchev–Trinajstić information content (AvgIpc) is 3.11. The van der Waals surface area contributed by atoms with E-state index in [2.05, 4.69) is 12.1 Å². The number of fused-ring (bicyclic) bond motifs is 1. The summed E-state index contributed by atoms with van der Waals surface area (Å²) in [4.78, 5) is 41.6. The summed E-state index contributed by atoms with van der Waals surface area (Å²) in [6.07, 6.45) is 2.57. The van der Waals surface area contributed by atoms with Crippen LogP contribution >= 0.6 is 11.8 Å². The highest BCUT2D eigenvalue weighted by atomic mass is 32.2. The number of amides is 3. The van der Waals surface area contributed by atoms with Crippen molar-refractivity contribution in [3.8, 4) is 0 Å². The standard InChI is InChI=1S/C27H22N2O3S/c30-25(28-15-14-21-8-4-5-9-23(21)18-28)22-12-10-19(11-13-22)16-24-26(31)29(27(32)33-24)17-20-6-2-1-3-7-20/h1-13,16H,14-15,17-18H2/b24-16-. The van der Waals surface area contributed by atoms with Crippen LogP contribution in [0, 0.1) is 0 Å². The predicted molar refractivity (Wildman–Crippen MR) is 129 cm³/mol. The predicted octanol–water partition coefficient (Wildman–Crippen LogP) is 5.12. The van der Waals surface area contributed by atoms with Crippen molar-refractivity contribution >= 4 is 34.9 Å². The zero-order valence-electron chi connectivity index (χ0n) is 17.9. The lowest BCUT2D eigenvalue weighted by atomic mass is 9.99. The fraction of sp³-hybridized carbons (Fsp3) is 0.148. The molecule has 3 aromatic carbocycles. The first-order valence-electron chi connectivity index (χ1n) is 10.8. The van der Waals surface area contributed by atoms with Crippen LogP contribution in [0.3, 0.4) is 0 Å². The van der Waals surface area contributed by atoms with Crippen molar-refractivity contribution in [3.63, 3.8) is 0 Å². The first kappa shape index (κ1) is 21.2. The Morgan fingerprint density at radius 3 is 2.33 bits per heavy atom. The van der Waals surface area contributed by atoms with E-state index in [9.17, 15) is 14.4 Å². The van der Waals surface area contributed by atoms with Crippen LogP contribution < -0.4 is 0 Å². The van der Waals surface area contributed by atoms with Crippen LogP contribution in [0.15, 0.2) is 83.8 Å². The minimum Gasteiger partial charge on any atom is -0.334 e. The molecular weight excluding hydrogens is 432 g/mol. The van der Waals surface area contributed by atoms with Crippen molar-refractivity contribution in [1.29, 1.82) is 0 Å². The average molecular weight is 455 g/mol. The van der Waals surface area contributed by atoms with Gasteiger partial charge in [0.15, 0.2) is 0 Å². The summed E-state index contributed by atoms with van der Waals surface area (Å²) >= 11 is 0.946. The Bertz CT molecular complexity index is 1250. The van der Waals surface area contributed by atoms with Crippen LogP contribution in [0.5, 0.6) is 0 Å². The number of nitrogens with zero attached hydrogens (tertiary/aromatic N) is 2. The molecule has 2 aliphatic rings. The van der Waals surface area contributed by atoms with Crippen LogP contribution in [0.4, 0.5) is 4.79 Å². The second kappa shape index (κ2) is 9.08. The Hall–Kier alpha value is -3.64. The molecule has 164 valence electrons. The molecule has 0 bridgehead atoms. The van der Waals surface area contributed by atoms with Gasteiger partial charge in [-0.1, -0.05) is 66.7 Å². The van der Waals surface area contributed by atoms with E-state index in [4.69, 9.17) is 0 Å². The highest BCUT2D eigenvalue weighted by Crippen LogP contribution is 2.33. The van der Waals surface area contributed by atoms with E-state index >= 15 is 0 Å². The third-order valence-corrected chi connectivity index (χ3v) is 6.84. The lowest BCUT2D eigenvalue weighted by Gasteiger charge is -2.29. The molecule has 3 amide bonds. The van der Waals surface area contributed by atoms with E-state index in [0.29, 0.717) is 23.6 Å². The quantitative estimate of drug-likeness (QED) is 0.514. The highest BCUT2D eigenvalue weighted by Gasteiger charge is 2.35. The van der Waals surface area contributed by atoms with Crippen molar-refractivity contribution in [2.24, 2.45) is 0 Å². The second-order valence-corrected chi connectivity index (χ2v) is 9.11. The third-order valence-electron chi connectivity index (χ3n) is 5.93. The van der Waals surface area contributed by atoms with Gasteiger partial charge in [-0.05, 0) is 58.6 Å². The number of hydrogen-bond donors (Lipinski definition) is 0. The summed E-state index contributed by atoms with van der Waals surface area (Å²) in [6, 6.07) is 24.9. The maximum atomic E-state index is 13.0. The van der Waals surface area contributed by atoms with E-state index in [-0.39, 0.29) is 23.6 Å². The van der Waals surface area contributed by atoms with Crippen LogP contribution in [0.25, 0.3) is 6.08 Å². The molecule has 1 saturated heterocycles. The molecule has 2 aliphatic heterocycles. The Morgan fingerprint density at radius 1 is 0.879 bits per heavy atom. The maximum Gasteiger partial charge on any atom is 0.293 e. The van der Waals surface area contributed by atoms with Crippen molar-refractivity contribution in [2.75, 3.05) is 6.54 Å². The van der Waals surface area contributed by atoms with Gasteiger partial charge < -0.3 is 4.90 Å². The van der Waals surface area contributed by atoms with Gasteiger partial charge in [0, 0.05) is 18.7 Å². The normalized spacial score (nSPS) is 16.9. The number of thioether (sulfide) groups is 1. The van der Waals surface area contributed by atoms with E-state index in [1.807, 2.05) is 59.5 Å². The van der Waals surface area contributed by atoms with Crippen molar-refractivity contribution < 1.29 is 14.4 Å². The third kappa shape index (κ3) is 4.47. The number of hydrogen-bond acceptors (Lipinski definition) is 4. The molecule has 0 N–H and O–H groups in total. The van der Waals surface area contributed by atoms with Crippen molar-refractivity contribution in [3.05, 3.63) is 112 Å². The molecular formula is C27H22N2O3S. The molecule has 0 saturated carbocycles. The van der Waals surface area contributed by atoms with Gasteiger partial charge >= 0.3 is 0 Å². The molecule has 5 nitrogen and oxygen atoms in total. The molecule has 0 spiro atoms. The minimum atomic E-state index is -0.291. The van der Waals surface area contributed by atoms with Gasteiger partial charge in [-0.15, -0.1) is 0 Å². The van der Waals surface area contributed by atoms with Gasteiger partial charge in [-0.3, -0.25) is 19.3 Å². The zero-order valence-corrected chi connectivity index (χ0v) is 18.8. The fourth-order valence-corrected chi connectivity index (χ4v) is 4.97. The van der Waals surface area contributed by atoms with Gasteiger partial charge in [0.25, 0.3) is 17.1 Å². The first-order chi connectivity index (χ1) is 16.1. The monoisotopic (exact) mass is 454 g/mol. The van der Waals surface area contributed by atoms with Crippen molar-refractivity contribution in [2.45, 2.75) is 19.5 Å². The van der Waals surface area contributed by atoms with Gasteiger partial charge in [-0.25, -0.2) is 0 Å². The summed E-state index contributed by atoms with van der Waals surface area (Å²) in [7, 11) is 0. The molecule has 0 unspecified atom stereocenters. The highest BCUT2D eigenvalue weighted by molar-refractivity contribution is 8.18. The lowest BCUT2D eigenvalue weighted by molar-refractivity contribution is -0.123. The topological polar surface area (TPSA) is 57.7 Å². The SMILES string of the molecule is O=C(c1ccc(/C=C2\SC(=O)N(Cc3ccccc3)C2=O)cc1)N1CCc2ccccc2C1. The van der Waals surface area contributed by atoms with Crippen LogP contribution in [-0.4, -0.2) is 33.4 Å². The fourth-order valence-electron chi connectivity index (χ4n) is 4.13. The Kier molecular flexibility index (Phi) is 5.84. The zero-order chi connectivity index (χ0) is 22.8. The van der Waals surface area contributed by atoms with Crippen LogP contribution in [0.1, 0.15) is 32.6 Å². The minimum absolute atomic E-state index is 0.000706. The molecule has 5 rings (SSSR count). The molecule has 3 aromatic rings. The Morgan fingerprint density at radius 2 is 1.58 bits per heavy atom. The van der Waals surface area contributed by atoms with Crippen LogP contribution in [-0.2, 0) is 24.3 Å². The second-order valence-electron chi connectivity index (χ2n) is 8.12. The molecule has 0 radical (unpaired) electrons. The molecule has 1 fully saturated rings. The summed E-state index contributed by atoms with van der Waals surface area (Å²) in [5.74, 6) is -0.291. The van der Waals surface area contributed by atoms with Gasteiger partial charge in [0.05, 0.1) is 11.4 Å². The van der Waals surface area contributed by atoms with Crippen LogP contribution in [0.2, 0.25) is 0 Å². The summed E-state index contributed by atoms with van der Waals surface area (Å²) in [6.45, 7) is 1.58. The summed E-state index contributed by atoms with van der Waals surface area (Å²) < 4.78 is 0. The molecule has 0 atom stereocenters. The Balaban J connectivity index is 1.27. The summed E-state index contributed by atoms with van der Waals surface area (Å²) in [5.41, 5.74) is 4.80. The molecule has 6 heteroatoms. The number of rotatable bonds is 4. The van der Waals surface area contributed by atoms with Gasteiger partial charge in [-0.2, -0.15) is 0 Å².